The van der Waals surface area contributed by atoms with Crippen molar-refractivity contribution in [2.75, 3.05) is 17.4 Å². The van der Waals surface area contributed by atoms with Crippen LogP contribution in [0.4, 0.5) is 29.7 Å². The summed E-state index contributed by atoms with van der Waals surface area (Å²) in [6.45, 7) is 0.146. The predicted molar refractivity (Wildman–Crippen MR) is 102 cm³/mol. The summed E-state index contributed by atoms with van der Waals surface area (Å²) in [5.41, 5.74) is 0.590. The first kappa shape index (κ1) is 19.1. The number of rotatable bonds is 5. The molecule has 0 radical (unpaired) electrons. The molecule has 3 aromatic rings. The van der Waals surface area contributed by atoms with Gasteiger partial charge in [0.05, 0.1) is 17.7 Å². The largest absolute Gasteiger partial charge is 0.454 e. The number of anilines is 3. The van der Waals surface area contributed by atoms with E-state index < -0.39 is 11.7 Å². The zero-order valence-corrected chi connectivity index (χ0v) is 15.6. The molecule has 2 aromatic carbocycles. The molecule has 10 heteroatoms. The summed E-state index contributed by atoms with van der Waals surface area (Å²) in [6.07, 6.45) is -4.40. The van der Waals surface area contributed by atoms with Gasteiger partial charge in [-0.15, -0.1) is 11.3 Å². The first-order valence-corrected chi connectivity index (χ1v) is 9.33. The minimum Gasteiger partial charge on any atom is -0.454 e. The molecule has 1 aromatic heterocycles. The van der Waals surface area contributed by atoms with Gasteiger partial charge in [-0.1, -0.05) is 6.07 Å². The third kappa shape index (κ3) is 4.60. The van der Waals surface area contributed by atoms with E-state index in [1.165, 1.54) is 23.5 Å². The Morgan fingerprint density at radius 2 is 1.93 bits per heavy atom. The lowest BCUT2D eigenvalue weighted by atomic mass is 10.2. The summed E-state index contributed by atoms with van der Waals surface area (Å²) < 4.78 is 48.9. The maximum atomic E-state index is 12.8. The highest BCUT2D eigenvalue weighted by Crippen LogP contribution is 2.34. The SMILES string of the molecule is O=C(Cc1csc(Nc2cccc(C(F)(F)F)c2)n1)Nc1ccc2c(c1)OCO2. The normalized spacial score (nSPS) is 12.7. The zero-order valence-electron chi connectivity index (χ0n) is 14.7. The molecule has 4 rings (SSSR count). The van der Waals surface area contributed by atoms with Crippen LogP contribution in [0.15, 0.2) is 47.8 Å². The summed E-state index contributed by atoms with van der Waals surface area (Å²) >= 11 is 1.20. The second-order valence-corrected chi connectivity index (χ2v) is 7.00. The third-order valence-corrected chi connectivity index (χ3v) is 4.80. The van der Waals surface area contributed by atoms with Crippen LogP contribution in [0, 0.1) is 0 Å². The molecule has 0 bridgehead atoms. The monoisotopic (exact) mass is 421 g/mol. The molecule has 0 fully saturated rings. The van der Waals surface area contributed by atoms with Crippen molar-refractivity contribution in [1.82, 2.24) is 4.98 Å². The molecule has 6 nitrogen and oxygen atoms in total. The van der Waals surface area contributed by atoms with Gasteiger partial charge in [0.1, 0.15) is 0 Å². The maximum Gasteiger partial charge on any atom is 0.416 e. The molecular weight excluding hydrogens is 407 g/mol. The van der Waals surface area contributed by atoms with E-state index in [4.69, 9.17) is 9.47 Å². The van der Waals surface area contributed by atoms with Gasteiger partial charge in [-0.2, -0.15) is 13.2 Å². The number of amides is 1. The van der Waals surface area contributed by atoms with Gasteiger partial charge in [-0.3, -0.25) is 4.79 Å². The fourth-order valence-corrected chi connectivity index (χ4v) is 3.42. The van der Waals surface area contributed by atoms with Crippen LogP contribution in [0.1, 0.15) is 11.3 Å². The minimum absolute atomic E-state index is 0.0230. The Kier molecular flexibility index (Phi) is 5.01. The second kappa shape index (κ2) is 7.63. The number of aromatic nitrogens is 1. The number of carbonyl (C=O) groups excluding carboxylic acids is 1. The van der Waals surface area contributed by atoms with E-state index in [-0.39, 0.29) is 24.8 Å². The van der Waals surface area contributed by atoms with E-state index in [0.717, 1.165) is 12.1 Å². The summed E-state index contributed by atoms with van der Waals surface area (Å²) in [7, 11) is 0. The van der Waals surface area contributed by atoms with Gasteiger partial charge < -0.3 is 20.1 Å². The molecular formula is C19H14F3N3O3S. The Morgan fingerprint density at radius 3 is 2.76 bits per heavy atom. The van der Waals surface area contributed by atoms with Crippen molar-refractivity contribution in [3.8, 4) is 11.5 Å². The van der Waals surface area contributed by atoms with Crippen LogP contribution in [0.2, 0.25) is 0 Å². The minimum atomic E-state index is -4.42. The van der Waals surface area contributed by atoms with E-state index in [2.05, 4.69) is 15.6 Å². The molecule has 29 heavy (non-hydrogen) atoms. The average molecular weight is 421 g/mol. The van der Waals surface area contributed by atoms with Crippen LogP contribution in [-0.2, 0) is 17.4 Å². The third-order valence-electron chi connectivity index (χ3n) is 3.99. The number of alkyl halides is 3. The molecule has 2 heterocycles. The van der Waals surface area contributed by atoms with Crippen LogP contribution in [0.25, 0.3) is 0 Å². The van der Waals surface area contributed by atoms with E-state index in [1.807, 2.05) is 0 Å². The molecule has 0 aliphatic carbocycles. The van der Waals surface area contributed by atoms with Crippen LogP contribution in [-0.4, -0.2) is 17.7 Å². The Labute approximate surface area is 167 Å². The van der Waals surface area contributed by atoms with Crippen LogP contribution in [0.5, 0.6) is 11.5 Å². The van der Waals surface area contributed by atoms with Crippen LogP contribution in [0.3, 0.4) is 0 Å². The Bertz CT molecular complexity index is 1050. The summed E-state index contributed by atoms with van der Waals surface area (Å²) in [5, 5.41) is 7.66. The lowest BCUT2D eigenvalue weighted by Crippen LogP contribution is -2.14. The van der Waals surface area contributed by atoms with Crippen molar-refractivity contribution < 1.29 is 27.4 Å². The molecule has 1 amide bonds. The van der Waals surface area contributed by atoms with Crippen molar-refractivity contribution in [2.24, 2.45) is 0 Å². The lowest BCUT2D eigenvalue weighted by molar-refractivity contribution is -0.137. The van der Waals surface area contributed by atoms with Crippen molar-refractivity contribution in [2.45, 2.75) is 12.6 Å². The first-order valence-electron chi connectivity index (χ1n) is 8.45. The van der Waals surface area contributed by atoms with E-state index >= 15 is 0 Å². The lowest BCUT2D eigenvalue weighted by Gasteiger charge is -2.09. The fraction of sp³-hybridized carbons (Fsp3) is 0.158. The highest BCUT2D eigenvalue weighted by atomic mass is 32.1. The number of carbonyl (C=O) groups is 1. The number of nitrogens with zero attached hydrogens (tertiary/aromatic N) is 1. The summed E-state index contributed by atoms with van der Waals surface area (Å²) in [6, 6.07) is 9.92. The number of hydrogen-bond acceptors (Lipinski definition) is 6. The zero-order chi connectivity index (χ0) is 20.4. The highest BCUT2D eigenvalue weighted by Gasteiger charge is 2.30. The van der Waals surface area contributed by atoms with Gasteiger partial charge in [0.15, 0.2) is 16.6 Å². The topological polar surface area (TPSA) is 72.5 Å². The van der Waals surface area contributed by atoms with Crippen LogP contribution < -0.4 is 20.1 Å². The van der Waals surface area contributed by atoms with Gasteiger partial charge in [-0.05, 0) is 30.3 Å². The Hall–Kier alpha value is -3.27. The first-order chi connectivity index (χ1) is 13.9. The Morgan fingerprint density at radius 1 is 1.10 bits per heavy atom. The molecule has 2 N–H and O–H groups in total. The molecule has 1 aliphatic heterocycles. The number of fused-ring (bicyclic) bond motifs is 1. The van der Waals surface area contributed by atoms with E-state index in [0.29, 0.717) is 28.0 Å². The van der Waals surface area contributed by atoms with Crippen molar-refractivity contribution in [1.29, 1.82) is 0 Å². The summed E-state index contributed by atoms with van der Waals surface area (Å²) in [4.78, 5) is 16.5. The number of thiazole rings is 1. The second-order valence-electron chi connectivity index (χ2n) is 6.14. The van der Waals surface area contributed by atoms with Crippen molar-refractivity contribution >= 4 is 33.8 Å². The number of ether oxygens (including phenoxy) is 2. The number of halogens is 3. The molecule has 150 valence electrons. The van der Waals surface area contributed by atoms with Gasteiger partial charge >= 0.3 is 6.18 Å². The number of nitrogens with one attached hydrogen (secondary N) is 2. The Balaban J connectivity index is 1.37. The van der Waals surface area contributed by atoms with Gasteiger partial charge in [-0.25, -0.2) is 4.98 Å². The average Bonchev–Trinajstić information content (AvgIpc) is 3.30. The molecule has 0 saturated carbocycles. The van der Waals surface area contributed by atoms with Gasteiger partial charge in [0.25, 0.3) is 0 Å². The van der Waals surface area contributed by atoms with E-state index in [9.17, 15) is 18.0 Å². The molecule has 0 atom stereocenters. The smallest absolute Gasteiger partial charge is 0.416 e. The molecule has 0 unspecified atom stereocenters. The number of hydrogen-bond donors (Lipinski definition) is 2. The van der Waals surface area contributed by atoms with Crippen molar-refractivity contribution in [3.63, 3.8) is 0 Å². The van der Waals surface area contributed by atoms with Crippen LogP contribution >= 0.6 is 11.3 Å². The van der Waals surface area contributed by atoms with Crippen molar-refractivity contribution in [3.05, 3.63) is 59.1 Å². The van der Waals surface area contributed by atoms with E-state index in [1.54, 1.807) is 23.6 Å². The van der Waals surface area contributed by atoms with Gasteiger partial charge in [0.2, 0.25) is 12.7 Å². The fourth-order valence-electron chi connectivity index (χ4n) is 2.69. The molecule has 1 aliphatic rings. The molecule has 0 spiro atoms. The molecule has 0 saturated heterocycles. The van der Waals surface area contributed by atoms with Gasteiger partial charge in [0, 0.05) is 22.8 Å². The standard InChI is InChI=1S/C19H14F3N3O3S/c20-19(21,22)11-2-1-3-12(6-11)24-18-25-14(9-29-18)8-17(26)23-13-4-5-15-16(7-13)28-10-27-15/h1-7,9H,8,10H2,(H,23,26)(H,24,25). The predicted octanol–water partition coefficient (Wildman–Crippen LogP) is 4.82. The highest BCUT2D eigenvalue weighted by molar-refractivity contribution is 7.13. The number of benzene rings is 2. The summed E-state index contributed by atoms with van der Waals surface area (Å²) in [5.74, 6) is 0.900. The quantitative estimate of drug-likeness (QED) is 0.618. The maximum absolute atomic E-state index is 12.8.